The predicted molar refractivity (Wildman–Crippen MR) is 101 cm³/mol. The van der Waals surface area contributed by atoms with Crippen molar-refractivity contribution >= 4 is 29.2 Å². The van der Waals surface area contributed by atoms with Gasteiger partial charge in [0, 0.05) is 24.2 Å². The Morgan fingerprint density at radius 3 is 2.56 bits per heavy atom. The first-order valence-electron chi connectivity index (χ1n) is 8.77. The Labute approximate surface area is 156 Å². The third kappa shape index (κ3) is 3.55. The molecular formula is C18H21ClN4OS. The van der Waals surface area contributed by atoms with Crippen LogP contribution in [-0.4, -0.2) is 28.0 Å². The summed E-state index contributed by atoms with van der Waals surface area (Å²) in [5.74, 6) is 0.939. The Kier molecular flexibility index (Phi) is 4.73. The second-order valence-corrected chi connectivity index (χ2v) is 8.43. The molecule has 0 atom stereocenters. The van der Waals surface area contributed by atoms with Crippen LogP contribution in [0.5, 0.6) is 0 Å². The molecule has 0 amide bonds. The molecule has 4 rings (SSSR count). The van der Waals surface area contributed by atoms with Crippen LogP contribution >= 0.6 is 23.4 Å². The molecule has 3 heterocycles. The molecule has 1 saturated carbocycles. The largest absolute Gasteiger partial charge is 0.355 e. The van der Waals surface area contributed by atoms with E-state index in [1.165, 1.54) is 50.3 Å². The molecule has 5 nitrogen and oxygen atoms in total. The van der Waals surface area contributed by atoms with E-state index >= 15 is 0 Å². The number of piperidine rings is 1. The van der Waals surface area contributed by atoms with Gasteiger partial charge in [-0.3, -0.25) is 4.79 Å². The van der Waals surface area contributed by atoms with Crippen molar-refractivity contribution in [3.63, 3.8) is 0 Å². The maximum atomic E-state index is 11.6. The lowest BCUT2D eigenvalue weighted by molar-refractivity contribution is 0.226. The normalized spacial score (nSPS) is 19.5. The molecule has 1 aliphatic heterocycles. The molecule has 2 aromatic rings. The van der Waals surface area contributed by atoms with E-state index in [9.17, 15) is 4.79 Å². The van der Waals surface area contributed by atoms with Crippen LogP contribution in [0.3, 0.4) is 0 Å². The van der Waals surface area contributed by atoms with Crippen molar-refractivity contribution in [3.8, 4) is 0 Å². The van der Waals surface area contributed by atoms with E-state index < -0.39 is 0 Å². The van der Waals surface area contributed by atoms with Crippen molar-refractivity contribution in [2.75, 3.05) is 18.0 Å². The van der Waals surface area contributed by atoms with Crippen molar-refractivity contribution in [1.29, 1.82) is 0 Å². The third-order valence-electron chi connectivity index (χ3n) is 5.51. The lowest BCUT2D eigenvalue weighted by Crippen LogP contribution is -2.39. The van der Waals surface area contributed by atoms with Crippen LogP contribution in [-0.2, 0) is 0 Å². The predicted octanol–water partition coefficient (Wildman–Crippen LogP) is 4.13. The van der Waals surface area contributed by atoms with Gasteiger partial charge in [0.05, 0.1) is 12.4 Å². The minimum absolute atomic E-state index is 0.191. The molecule has 0 bridgehead atoms. The smallest absolute Gasteiger partial charge is 0.267 e. The van der Waals surface area contributed by atoms with Crippen LogP contribution < -0.4 is 10.5 Å². The summed E-state index contributed by atoms with van der Waals surface area (Å²) in [5, 5.41) is 0.928. The molecule has 1 spiro atoms. The van der Waals surface area contributed by atoms with Crippen molar-refractivity contribution in [3.05, 3.63) is 40.0 Å². The molecule has 7 heteroatoms. The van der Waals surface area contributed by atoms with Gasteiger partial charge < -0.3 is 9.88 Å². The summed E-state index contributed by atoms with van der Waals surface area (Å²) in [5.41, 5.74) is 0.321. The summed E-state index contributed by atoms with van der Waals surface area (Å²) >= 11 is 7.39. The van der Waals surface area contributed by atoms with Gasteiger partial charge in [-0.05, 0) is 37.2 Å². The number of nitrogens with zero attached hydrogens (tertiary/aromatic N) is 3. The quantitative estimate of drug-likeness (QED) is 0.872. The number of aromatic nitrogens is 3. The van der Waals surface area contributed by atoms with E-state index in [2.05, 4.69) is 19.9 Å². The fourth-order valence-corrected chi connectivity index (χ4v) is 4.98. The fraction of sp³-hybridized carbons (Fsp3) is 0.500. The molecular weight excluding hydrogens is 356 g/mol. The summed E-state index contributed by atoms with van der Waals surface area (Å²) < 4.78 is 0. The number of hydrogen-bond acceptors (Lipinski definition) is 5. The van der Waals surface area contributed by atoms with Crippen LogP contribution in [0.1, 0.15) is 38.5 Å². The summed E-state index contributed by atoms with van der Waals surface area (Å²) in [6, 6.07) is 1.77. The SMILES string of the molecule is O=c1[nH]ccc(Sc2cnc(N3CCC4(CCCC4)CC3)cn2)c1Cl. The monoisotopic (exact) mass is 376 g/mol. The maximum Gasteiger partial charge on any atom is 0.267 e. The number of halogens is 1. The Morgan fingerprint density at radius 1 is 1.12 bits per heavy atom. The van der Waals surface area contributed by atoms with Crippen LogP contribution in [0.4, 0.5) is 5.82 Å². The molecule has 0 radical (unpaired) electrons. The van der Waals surface area contributed by atoms with E-state index in [1.54, 1.807) is 18.5 Å². The summed E-state index contributed by atoms with van der Waals surface area (Å²) in [4.78, 5) is 26.2. The zero-order valence-corrected chi connectivity index (χ0v) is 15.6. The molecule has 1 N–H and O–H groups in total. The van der Waals surface area contributed by atoms with E-state index in [-0.39, 0.29) is 10.6 Å². The summed E-state index contributed by atoms with van der Waals surface area (Å²) in [6.45, 7) is 2.14. The Hall–Kier alpha value is -1.53. The minimum Gasteiger partial charge on any atom is -0.355 e. The first-order chi connectivity index (χ1) is 12.2. The molecule has 0 unspecified atom stereocenters. The topological polar surface area (TPSA) is 61.9 Å². The van der Waals surface area contributed by atoms with Crippen molar-refractivity contribution < 1.29 is 0 Å². The zero-order chi connectivity index (χ0) is 17.3. The lowest BCUT2D eigenvalue weighted by atomic mass is 9.77. The van der Waals surface area contributed by atoms with Gasteiger partial charge in [-0.15, -0.1) is 0 Å². The average Bonchev–Trinajstić information content (AvgIpc) is 3.09. The number of rotatable bonds is 3. The number of aromatic amines is 1. The molecule has 132 valence electrons. The highest BCUT2D eigenvalue weighted by atomic mass is 35.5. The zero-order valence-electron chi connectivity index (χ0n) is 14.0. The van der Waals surface area contributed by atoms with Gasteiger partial charge in [-0.25, -0.2) is 9.97 Å². The molecule has 2 aromatic heterocycles. The molecule has 0 aromatic carbocycles. The second-order valence-electron chi connectivity index (χ2n) is 6.99. The molecule has 2 aliphatic rings. The number of hydrogen-bond donors (Lipinski definition) is 1. The van der Waals surface area contributed by atoms with Crippen LogP contribution in [0.15, 0.2) is 39.4 Å². The number of pyridine rings is 1. The fourth-order valence-electron chi connectivity index (χ4n) is 3.99. The van der Waals surface area contributed by atoms with E-state index in [1.807, 2.05) is 6.20 Å². The van der Waals surface area contributed by atoms with E-state index in [0.29, 0.717) is 10.3 Å². The second kappa shape index (κ2) is 7.00. The molecule has 25 heavy (non-hydrogen) atoms. The van der Waals surface area contributed by atoms with Gasteiger partial charge in [0.15, 0.2) is 0 Å². The number of nitrogens with one attached hydrogen (secondary N) is 1. The summed E-state index contributed by atoms with van der Waals surface area (Å²) in [6.07, 6.45) is 13.3. The first kappa shape index (κ1) is 16.9. The van der Waals surface area contributed by atoms with Gasteiger partial charge in [0.1, 0.15) is 15.9 Å². The molecule has 1 aliphatic carbocycles. The number of H-pyrrole nitrogens is 1. The Bertz CT molecular complexity index is 791. The van der Waals surface area contributed by atoms with Crippen molar-refractivity contribution in [1.82, 2.24) is 15.0 Å². The van der Waals surface area contributed by atoms with Crippen LogP contribution in [0.2, 0.25) is 5.02 Å². The van der Waals surface area contributed by atoms with Crippen LogP contribution in [0, 0.1) is 5.41 Å². The Balaban J connectivity index is 1.42. The molecule has 2 fully saturated rings. The lowest BCUT2D eigenvalue weighted by Gasteiger charge is -2.39. The molecule has 1 saturated heterocycles. The van der Waals surface area contributed by atoms with Gasteiger partial charge in [-0.2, -0.15) is 0 Å². The Morgan fingerprint density at radius 2 is 1.88 bits per heavy atom. The van der Waals surface area contributed by atoms with E-state index in [4.69, 9.17) is 11.6 Å². The maximum absolute atomic E-state index is 11.6. The van der Waals surface area contributed by atoms with Gasteiger partial charge in [0.25, 0.3) is 5.56 Å². The van der Waals surface area contributed by atoms with Crippen molar-refractivity contribution in [2.45, 2.75) is 48.4 Å². The van der Waals surface area contributed by atoms with E-state index in [0.717, 1.165) is 23.9 Å². The standard InChI is InChI=1S/C18H21ClN4OS/c19-16-13(3-8-20-17(16)24)25-15-12-21-14(11-22-15)23-9-6-18(7-10-23)4-1-2-5-18/h3,8,11-12H,1-2,4-7,9-10H2,(H,20,24). The minimum atomic E-state index is -0.287. The van der Waals surface area contributed by atoms with Gasteiger partial charge in [-0.1, -0.05) is 36.2 Å². The van der Waals surface area contributed by atoms with Gasteiger partial charge >= 0.3 is 0 Å². The summed E-state index contributed by atoms with van der Waals surface area (Å²) in [7, 11) is 0. The number of anilines is 1. The van der Waals surface area contributed by atoms with Crippen molar-refractivity contribution in [2.24, 2.45) is 5.41 Å². The average molecular weight is 377 g/mol. The van der Waals surface area contributed by atoms with Gasteiger partial charge in [0.2, 0.25) is 0 Å². The highest BCUT2D eigenvalue weighted by molar-refractivity contribution is 7.99. The first-order valence-corrected chi connectivity index (χ1v) is 9.97. The van der Waals surface area contributed by atoms with Crippen LogP contribution in [0.25, 0.3) is 0 Å². The third-order valence-corrected chi connectivity index (χ3v) is 6.97. The highest BCUT2D eigenvalue weighted by Gasteiger charge is 2.37. The highest BCUT2D eigenvalue weighted by Crippen LogP contribution is 2.46.